The van der Waals surface area contributed by atoms with Crippen molar-refractivity contribution in [3.05, 3.63) is 83.2 Å². The van der Waals surface area contributed by atoms with Crippen molar-refractivity contribution in [1.29, 1.82) is 0 Å². The van der Waals surface area contributed by atoms with Crippen LogP contribution in [-0.4, -0.2) is 50.8 Å². The first-order valence-electron chi connectivity index (χ1n) is 11.2. The minimum Gasteiger partial charge on any atom is -0.388 e. The van der Waals surface area contributed by atoms with Gasteiger partial charge in [0, 0.05) is 31.3 Å². The number of carbonyl (C=O) groups is 2. The Labute approximate surface area is 194 Å². The Morgan fingerprint density at radius 1 is 1.09 bits per heavy atom. The van der Waals surface area contributed by atoms with E-state index in [1.165, 1.54) is 6.92 Å². The predicted octanol–water partition coefficient (Wildman–Crippen LogP) is 2.66. The van der Waals surface area contributed by atoms with Gasteiger partial charge >= 0.3 is 0 Å². The van der Waals surface area contributed by atoms with Crippen LogP contribution < -0.4 is 5.32 Å². The third-order valence-electron chi connectivity index (χ3n) is 6.55. The molecule has 172 valence electrons. The molecule has 2 N–H and O–H groups in total. The van der Waals surface area contributed by atoms with Crippen molar-refractivity contribution in [2.75, 3.05) is 13.1 Å². The quantitative estimate of drug-likeness (QED) is 0.631. The number of aryl methyl sites for hydroxylation is 1. The number of aromatic nitrogens is 2. The lowest BCUT2D eigenvalue weighted by molar-refractivity contribution is -0.138. The average Bonchev–Trinajstić information content (AvgIpc) is 3.09. The highest BCUT2D eigenvalue weighted by Gasteiger charge is 2.45. The molecule has 0 saturated carbocycles. The van der Waals surface area contributed by atoms with Gasteiger partial charge < -0.3 is 15.3 Å². The van der Waals surface area contributed by atoms with Crippen LogP contribution in [-0.2, 0) is 21.5 Å². The first-order valence-corrected chi connectivity index (χ1v) is 11.2. The summed E-state index contributed by atoms with van der Waals surface area (Å²) in [4.78, 5) is 26.9. The summed E-state index contributed by atoms with van der Waals surface area (Å²) >= 11 is 0. The van der Waals surface area contributed by atoms with E-state index in [1.807, 2.05) is 79.2 Å². The van der Waals surface area contributed by atoms with Crippen molar-refractivity contribution in [3.63, 3.8) is 0 Å². The second-order valence-corrected chi connectivity index (χ2v) is 8.70. The number of rotatable bonds is 5. The third-order valence-corrected chi connectivity index (χ3v) is 6.55. The number of carbonyl (C=O) groups excluding carboxylic acids is 2. The number of benzene rings is 2. The Balaban J connectivity index is 1.53. The van der Waals surface area contributed by atoms with Crippen molar-refractivity contribution in [2.45, 2.75) is 45.3 Å². The van der Waals surface area contributed by atoms with Crippen molar-refractivity contribution in [3.8, 4) is 5.69 Å². The summed E-state index contributed by atoms with van der Waals surface area (Å²) in [6, 6.07) is 19.3. The molecule has 1 aromatic heterocycles. The summed E-state index contributed by atoms with van der Waals surface area (Å²) in [5, 5.41) is 18.8. The maximum Gasteiger partial charge on any atom is 0.227 e. The summed E-state index contributed by atoms with van der Waals surface area (Å²) in [5.74, 6) is -0.269. The van der Waals surface area contributed by atoms with Crippen LogP contribution in [0.1, 0.15) is 35.9 Å². The number of nitrogens with zero attached hydrogens (tertiary/aromatic N) is 3. The van der Waals surface area contributed by atoms with Gasteiger partial charge in [-0.05, 0) is 38.0 Å². The fraction of sp³-hybridized carbons (Fsp3) is 0.346. The van der Waals surface area contributed by atoms with Gasteiger partial charge in [-0.25, -0.2) is 4.68 Å². The van der Waals surface area contributed by atoms with E-state index in [-0.39, 0.29) is 24.8 Å². The SMILES string of the molecule is CC(=O)N[C@@]1(c2ccccc2)CCN(C(=O)Cc2c(C)nn(-c3ccccc3)c2C)C[C@H]1O. The van der Waals surface area contributed by atoms with Gasteiger partial charge in [0.1, 0.15) is 0 Å². The van der Waals surface area contributed by atoms with E-state index < -0.39 is 11.6 Å². The first-order chi connectivity index (χ1) is 15.8. The van der Waals surface area contributed by atoms with Crippen LogP contribution in [0.15, 0.2) is 60.7 Å². The molecule has 1 aliphatic heterocycles. The van der Waals surface area contributed by atoms with E-state index in [0.29, 0.717) is 13.0 Å². The van der Waals surface area contributed by atoms with Crippen LogP contribution in [0.3, 0.4) is 0 Å². The number of aliphatic hydroxyl groups is 1. The van der Waals surface area contributed by atoms with Gasteiger partial charge in [0.2, 0.25) is 11.8 Å². The first kappa shape index (κ1) is 22.7. The van der Waals surface area contributed by atoms with Gasteiger partial charge in [0.15, 0.2) is 0 Å². The molecular weight excluding hydrogens is 416 g/mol. The number of β-amino-alcohol motifs (C(OH)–C–C–N with tert-alkyl or cyclic N) is 1. The van der Waals surface area contributed by atoms with E-state index in [1.54, 1.807) is 4.90 Å². The molecule has 0 unspecified atom stereocenters. The van der Waals surface area contributed by atoms with Crippen LogP contribution >= 0.6 is 0 Å². The molecule has 3 aromatic rings. The zero-order valence-electron chi connectivity index (χ0n) is 19.3. The number of para-hydroxylation sites is 1. The van der Waals surface area contributed by atoms with E-state index in [2.05, 4.69) is 10.4 Å². The van der Waals surface area contributed by atoms with Crippen LogP contribution in [0.25, 0.3) is 5.69 Å². The van der Waals surface area contributed by atoms with Gasteiger partial charge in [-0.3, -0.25) is 9.59 Å². The molecule has 0 radical (unpaired) electrons. The lowest BCUT2D eigenvalue weighted by atomic mass is 9.78. The van der Waals surface area contributed by atoms with Gasteiger partial charge in [-0.15, -0.1) is 0 Å². The standard InChI is InChI=1S/C26H30N4O3/c1-18-23(19(2)30(28-18)22-12-8-5-9-13-22)16-25(33)29-15-14-26(24(32)17-29,27-20(3)31)21-10-6-4-7-11-21/h4-13,24,32H,14-17H2,1-3H3,(H,27,31)/t24-,26-/m1/s1. The van der Waals surface area contributed by atoms with E-state index in [9.17, 15) is 14.7 Å². The van der Waals surface area contributed by atoms with Crippen molar-refractivity contribution in [1.82, 2.24) is 20.0 Å². The van der Waals surface area contributed by atoms with Crippen LogP contribution in [0.2, 0.25) is 0 Å². The lowest BCUT2D eigenvalue weighted by Gasteiger charge is -2.46. The van der Waals surface area contributed by atoms with Gasteiger partial charge in [0.25, 0.3) is 0 Å². The number of likely N-dealkylation sites (tertiary alicyclic amines) is 1. The smallest absolute Gasteiger partial charge is 0.227 e. The number of hydrogen-bond acceptors (Lipinski definition) is 4. The molecule has 0 aliphatic carbocycles. The molecule has 0 spiro atoms. The lowest BCUT2D eigenvalue weighted by Crippen LogP contribution is -2.62. The topological polar surface area (TPSA) is 87.5 Å². The van der Waals surface area contributed by atoms with E-state index in [4.69, 9.17) is 0 Å². The fourth-order valence-electron chi connectivity index (χ4n) is 4.78. The highest BCUT2D eigenvalue weighted by molar-refractivity contribution is 5.80. The van der Waals surface area contributed by atoms with E-state index in [0.717, 1.165) is 28.2 Å². The highest BCUT2D eigenvalue weighted by atomic mass is 16.3. The number of piperidine rings is 1. The maximum absolute atomic E-state index is 13.2. The molecule has 4 rings (SSSR count). The summed E-state index contributed by atoms with van der Waals surface area (Å²) < 4.78 is 1.86. The summed E-state index contributed by atoms with van der Waals surface area (Å²) in [6.45, 7) is 5.93. The molecular formula is C26H30N4O3. The van der Waals surface area contributed by atoms with Crippen LogP contribution in [0, 0.1) is 13.8 Å². The number of amides is 2. The Hall–Kier alpha value is -3.45. The minimum absolute atomic E-state index is 0.0580. The maximum atomic E-state index is 13.2. The zero-order chi connectivity index (χ0) is 23.6. The number of hydrogen-bond donors (Lipinski definition) is 2. The average molecular weight is 447 g/mol. The molecule has 1 aliphatic rings. The Bertz CT molecular complexity index is 1140. The molecule has 7 nitrogen and oxygen atoms in total. The molecule has 7 heteroatoms. The summed E-state index contributed by atoms with van der Waals surface area (Å²) in [5.41, 5.74) is 3.54. The van der Waals surface area contributed by atoms with Crippen molar-refractivity contribution in [2.24, 2.45) is 0 Å². The molecule has 33 heavy (non-hydrogen) atoms. The Morgan fingerprint density at radius 2 is 1.73 bits per heavy atom. The fourth-order valence-corrected chi connectivity index (χ4v) is 4.78. The molecule has 2 atom stereocenters. The monoisotopic (exact) mass is 446 g/mol. The third kappa shape index (κ3) is 4.41. The van der Waals surface area contributed by atoms with Crippen LogP contribution in [0.5, 0.6) is 0 Å². The number of aliphatic hydroxyl groups excluding tert-OH is 1. The second-order valence-electron chi connectivity index (χ2n) is 8.70. The zero-order valence-corrected chi connectivity index (χ0v) is 19.3. The molecule has 1 saturated heterocycles. The predicted molar refractivity (Wildman–Crippen MR) is 126 cm³/mol. The normalized spacial score (nSPS) is 20.5. The second kappa shape index (κ2) is 9.19. The molecule has 1 fully saturated rings. The molecule has 2 heterocycles. The summed E-state index contributed by atoms with van der Waals surface area (Å²) in [7, 11) is 0. The van der Waals surface area contributed by atoms with Crippen molar-refractivity contribution >= 4 is 11.8 Å². The molecule has 2 amide bonds. The van der Waals surface area contributed by atoms with Gasteiger partial charge in [-0.2, -0.15) is 5.10 Å². The highest BCUT2D eigenvalue weighted by Crippen LogP contribution is 2.34. The van der Waals surface area contributed by atoms with Crippen molar-refractivity contribution < 1.29 is 14.7 Å². The number of nitrogens with one attached hydrogen (secondary N) is 1. The minimum atomic E-state index is -0.921. The van der Waals surface area contributed by atoms with Gasteiger partial charge in [0.05, 0.1) is 29.4 Å². The Kier molecular flexibility index (Phi) is 6.33. The Morgan fingerprint density at radius 3 is 2.33 bits per heavy atom. The largest absolute Gasteiger partial charge is 0.388 e. The molecule has 0 bridgehead atoms. The van der Waals surface area contributed by atoms with Crippen LogP contribution in [0.4, 0.5) is 0 Å². The van der Waals surface area contributed by atoms with E-state index >= 15 is 0 Å². The van der Waals surface area contributed by atoms with Gasteiger partial charge in [-0.1, -0.05) is 48.5 Å². The summed E-state index contributed by atoms with van der Waals surface area (Å²) in [6.07, 6.45) is -0.267. The molecule has 2 aromatic carbocycles.